The average Bonchev–Trinajstić information content (AvgIpc) is 3.44. The molecule has 31 heavy (non-hydrogen) atoms. The lowest BCUT2D eigenvalue weighted by atomic mass is 10.4. The number of thiophene rings is 2. The molecular weight excluding hydrogens is 496 g/mol. The molecule has 0 N–H and O–H groups in total. The fourth-order valence-electron chi connectivity index (χ4n) is 2.64. The summed E-state index contributed by atoms with van der Waals surface area (Å²) in [5.74, 6) is -0.256. The van der Waals surface area contributed by atoms with Crippen LogP contribution in [-0.2, 0) is 26.2 Å². The summed E-state index contributed by atoms with van der Waals surface area (Å²) in [6, 6.07) is 14.3. The van der Waals surface area contributed by atoms with Gasteiger partial charge in [-0.05, 0) is 47.2 Å². The third-order valence-electron chi connectivity index (χ3n) is 4.22. The Hall–Kier alpha value is -2.16. The molecule has 0 radical (unpaired) electrons. The van der Waals surface area contributed by atoms with Crippen molar-refractivity contribution in [2.75, 3.05) is 12.3 Å². The summed E-state index contributed by atoms with van der Waals surface area (Å²) in [6.45, 7) is 0.285. The van der Waals surface area contributed by atoms with Crippen molar-refractivity contribution in [3.63, 3.8) is 0 Å². The predicted molar refractivity (Wildman–Crippen MR) is 123 cm³/mol. The summed E-state index contributed by atoms with van der Waals surface area (Å²) in [7, 11) is -7.61. The van der Waals surface area contributed by atoms with Crippen LogP contribution in [-0.4, -0.2) is 34.0 Å². The Morgan fingerprint density at radius 3 is 2.29 bits per heavy atom. The molecule has 1 aromatic carbocycles. The molecule has 0 fully saturated rings. The van der Waals surface area contributed by atoms with Gasteiger partial charge >= 0.3 is 0 Å². The predicted octanol–water partition coefficient (Wildman–Crippen LogP) is 4.58. The molecule has 3 rings (SSSR count). The van der Waals surface area contributed by atoms with Crippen molar-refractivity contribution in [2.24, 2.45) is 0 Å². The van der Waals surface area contributed by atoms with Gasteiger partial charge in [0.05, 0.1) is 17.2 Å². The van der Waals surface area contributed by atoms with Crippen molar-refractivity contribution in [2.45, 2.75) is 15.6 Å². The Labute approximate surface area is 194 Å². The van der Waals surface area contributed by atoms with Crippen molar-refractivity contribution in [3.05, 3.63) is 80.3 Å². The highest BCUT2D eigenvalue weighted by molar-refractivity contribution is 7.97. The maximum atomic E-state index is 12.8. The minimum atomic E-state index is -3.98. The lowest BCUT2D eigenvalue weighted by Crippen LogP contribution is -2.25. The fourth-order valence-corrected chi connectivity index (χ4v) is 7.03. The zero-order chi connectivity index (χ0) is 22.5. The summed E-state index contributed by atoms with van der Waals surface area (Å²) < 4.78 is 51.1. The quantitative estimate of drug-likeness (QED) is 0.389. The number of hydrogen-bond acceptors (Lipinski definition) is 8. The number of hydrogen-bond donors (Lipinski definition) is 0. The van der Waals surface area contributed by atoms with E-state index in [1.807, 2.05) is 17.5 Å². The second-order valence-electron chi connectivity index (χ2n) is 6.36. The van der Waals surface area contributed by atoms with Crippen LogP contribution in [0.15, 0.2) is 79.5 Å². The number of nitrogens with zero attached hydrogens (tertiary/aromatic N) is 2. The topological polar surface area (TPSA) is 95.3 Å². The molecule has 2 heterocycles. The number of allylic oxidation sites excluding steroid dienone is 1. The second kappa shape index (κ2) is 9.97. The van der Waals surface area contributed by atoms with Crippen molar-refractivity contribution in [3.8, 4) is 6.07 Å². The molecule has 0 aliphatic rings. The molecule has 0 spiro atoms. The summed E-state index contributed by atoms with van der Waals surface area (Å²) in [5.41, 5.74) is 0. The molecule has 0 unspecified atom stereocenters. The minimum absolute atomic E-state index is 0.00794. The first-order valence-corrected chi connectivity index (χ1v) is 14.1. The van der Waals surface area contributed by atoms with E-state index in [0.29, 0.717) is 5.02 Å². The Bertz CT molecular complexity index is 1290. The van der Waals surface area contributed by atoms with Gasteiger partial charge in [-0.3, -0.25) is 0 Å². The van der Waals surface area contributed by atoms with Crippen LogP contribution in [0.1, 0.15) is 4.88 Å². The van der Waals surface area contributed by atoms with E-state index in [-0.39, 0.29) is 27.9 Å². The largest absolute Gasteiger partial charge is 0.370 e. The van der Waals surface area contributed by atoms with Gasteiger partial charge in [0.15, 0.2) is 14.7 Å². The number of halogens is 1. The SMILES string of the molecule is N#C/C(=C/N(CCS(=O)(=O)c1ccc(Cl)cc1)Cc1cccs1)S(=O)(=O)c1cccs1. The van der Waals surface area contributed by atoms with Gasteiger partial charge < -0.3 is 4.90 Å². The zero-order valence-corrected chi connectivity index (χ0v) is 20.0. The third kappa shape index (κ3) is 5.96. The first kappa shape index (κ1) is 23.5. The van der Waals surface area contributed by atoms with Crippen molar-refractivity contribution in [1.82, 2.24) is 4.90 Å². The van der Waals surface area contributed by atoms with E-state index >= 15 is 0 Å². The maximum Gasteiger partial charge on any atom is 0.227 e. The first-order valence-electron chi connectivity index (χ1n) is 8.87. The summed E-state index contributed by atoms with van der Waals surface area (Å²) in [5, 5.41) is 13.4. The van der Waals surface area contributed by atoms with E-state index in [1.54, 1.807) is 22.4 Å². The smallest absolute Gasteiger partial charge is 0.227 e. The van der Waals surface area contributed by atoms with E-state index in [1.165, 1.54) is 47.9 Å². The number of nitriles is 1. The van der Waals surface area contributed by atoms with Gasteiger partial charge in [-0.1, -0.05) is 23.7 Å². The Balaban J connectivity index is 1.88. The zero-order valence-electron chi connectivity index (χ0n) is 16.0. The van der Waals surface area contributed by atoms with Gasteiger partial charge in [-0.2, -0.15) is 5.26 Å². The van der Waals surface area contributed by atoms with E-state index in [9.17, 15) is 22.1 Å². The highest BCUT2D eigenvalue weighted by atomic mass is 35.5. The number of benzene rings is 1. The van der Waals surface area contributed by atoms with E-state index in [2.05, 4.69) is 0 Å². The Morgan fingerprint density at radius 1 is 1.03 bits per heavy atom. The normalized spacial score (nSPS) is 12.5. The van der Waals surface area contributed by atoms with E-state index in [0.717, 1.165) is 16.2 Å². The van der Waals surface area contributed by atoms with Crippen LogP contribution in [0.25, 0.3) is 0 Å². The summed E-state index contributed by atoms with van der Waals surface area (Å²) >= 11 is 8.31. The van der Waals surface area contributed by atoms with Crippen molar-refractivity contribution < 1.29 is 16.8 Å². The molecule has 0 bridgehead atoms. The summed E-state index contributed by atoms with van der Waals surface area (Å²) in [6.07, 6.45) is 1.23. The molecular formula is C20H17ClN2O4S4. The molecule has 3 aromatic rings. The molecule has 0 amide bonds. The van der Waals surface area contributed by atoms with Crippen LogP contribution >= 0.6 is 34.3 Å². The van der Waals surface area contributed by atoms with Crippen LogP contribution in [0.4, 0.5) is 0 Å². The lowest BCUT2D eigenvalue weighted by Gasteiger charge is -2.20. The van der Waals surface area contributed by atoms with Crippen LogP contribution in [0.3, 0.4) is 0 Å². The van der Waals surface area contributed by atoms with Crippen molar-refractivity contribution >= 4 is 53.9 Å². The van der Waals surface area contributed by atoms with Crippen LogP contribution < -0.4 is 0 Å². The molecule has 0 atom stereocenters. The minimum Gasteiger partial charge on any atom is -0.370 e. The number of rotatable bonds is 9. The second-order valence-corrected chi connectivity index (χ2v) is 13.0. The van der Waals surface area contributed by atoms with Gasteiger partial charge in [0, 0.05) is 22.6 Å². The van der Waals surface area contributed by atoms with Crippen LogP contribution in [0.2, 0.25) is 5.02 Å². The standard InChI is InChI=1S/C20H17ClN2O4S4/c21-16-5-7-18(8-6-16)30(24,25)12-9-23(14-17-3-1-10-28-17)15-19(13-22)31(26,27)20-4-2-11-29-20/h1-8,10-11,15H,9,12,14H2/b19-15-. The van der Waals surface area contributed by atoms with Gasteiger partial charge in [0.1, 0.15) is 10.3 Å². The van der Waals surface area contributed by atoms with Gasteiger partial charge in [-0.25, -0.2) is 16.8 Å². The molecule has 0 aliphatic carbocycles. The molecule has 162 valence electrons. The Morgan fingerprint density at radius 2 is 1.71 bits per heavy atom. The highest BCUT2D eigenvalue weighted by Gasteiger charge is 2.24. The molecule has 0 saturated heterocycles. The average molecular weight is 513 g/mol. The lowest BCUT2D eigenvalue weighted by molar-refractivity contribution is 0.392. The van der Waals surface area contributed by atoms with Crippen LogP contribution in [0.5, 0.6) is 0 Å². The maximum absolute atomic E-state index is 12.8. The number of sulfone groups is 2. The van der Waals surface area contributed by atoms with Gasteiger partial charge in [0.25, 0.3) is 0 Å². The van der Waals surface area contributed by atoms with Crippen molar-refractivity contribution in [1.29, 1.82) is 5.26 Å². The molecule has 0 saturated carbocycles. The van der Waals surface area contributed by atoms with Gasteiger partial charge in [0.2, 0.25) is 9.84 Å². The fraction of sp³-hybridized carbons (Fsp3) is 0.150. The third-order valence-corrected chi connectivity index (χ3v) is 10.1. The molecule has 6 nitrogen and oxygen atoms in total. The monoisotopic (exact) mass is 512 g/mol. The molecule has 11 heteroatoms. The molecule has 2 aromatic heterocycles. The Kier molecular flexibility index (Phi) is 7.56. The van der Waals surface area contributed by atoms with Gasteiger partial charge in [-0.15, -0.1) is 22.7 Å². The summed E-state index contributed by atoms with van der Waals surface area (Å²) in [4.78, 5) is 2.15. The molecule has 0 aliphatic heterocycles. The van der Waals surface area contributed by atoms with E-state index in [4.69, 9.17) is 11.6 Å². The van der Waals surface area contributed by atoms with Crippen LogP contribution in [0, 0.1) is 11.3 Å². The van der Waals surface area contributed by atoms with E-state index < -0.39 is 24.6 Å². The highest BCUT2D eigenvalue weighted by Crippen LogP contribution is 2.25. The first-order chi connectivity index (χ1) is 14.7.